The molecule has 1 atom stereocenters. The Bertz CT molecular complexity index is 915. The van der Waals surface area contributed by atoms with Gasteiger partial charge in [-0.2, -0.15) is 0 Å². The number of aryl methyl sites for hydroxylation is 2. The molecule has 0 N–H and O–H groups in total. The van der Waals surface area contributed by atoms with Gasteiger partial charge in [-0.15, -0.1) is 11.3 Å². The maximum absolute atomic E-state index is 12.2. The van der Waals surface area contributed by atoms with Gasteiger partial charge in [-0.1, -0.05) is 13.0 Å². The smallest absolute Gasteiger partial charge is 0.258 e. The van der Waals surface area contributed by atoms with Crippen molar-refractivity contribution >= 4 is 17.0 Å². The molecule has 24 heavy (non-hydrogen) atoms. The highest BCUT2D eigenvalue weighted by molar-refractivity contribution is 7.11. The Morgan fingerprint density at radius 3 is 2.83 bits per heavy atom. The van der Waals surface area contributed by atoms with Gasteiger partial charge in [0.15, 0.2) is 0 Å². The topological polar surface area (TPSA) is 50.5 Å². The molecule has 3 rings (SSSR count). The minimum atomic E-state index is -0.0427. The molecular weight excluding hydrogens is 320 g/mol. The SMILES string of the molecule is CCc1nc(C)c([C@H](C)N(C)Cc2cc(=O)n3ccccc3n2)s1. The largest absolute Gasteiger partial charge is 0.293 e. The number of rotatable bonds is 5. The normalized spacial score (nSPS) is 12.9. The van der Waals surface area contributed by atoms with E-state index < -0.39 is 0 Å². The lowest BCUT2D eigenvalue weighted by Gasteiger charge is -2.23. The van der Waals surface area contributed by atoms with Crippen LogP contribution in [0.1, 0.15) is 41.2 Å². The summed E-state index contributed by atoms with van der Waals surface area (Å²) in [6.07, 6.45) is 2.71. The van der Waals surface area contributed by atoms with Crippen molar-refractivity contribution in [2.75, 3.05) is 7.05 Å². The predicted octanol–water partition coefficient (Wildman–Crippen LogP) is 3.21. The number of hydrogen-bond donors (Lipinski definition) is 0. The minimum Gasteiger partial charge on any atom is -0.293 e. The number of thiazole rings is 1. The van der Waals surface area contributed by atoms with Gasteiger partial charge in [0.1, 0.15) is 5.65 Å². The van der Waals surface area contributed by atoms with Crippen molar-refractivity contribution in [1.82, 2.24) is 19.3 Å². The molecule has 0 spiro atoms. The molecular formula is C18H22N4OS. The van der Waals surface area contributed by atoms with Crippen LogP contribution in [-0.4, -0.2) is 26.3 Å². The van der Waals surface area contributed by atoms with E-state index >= 15 is 0 Å². The number of nitrogens with zero attached hydrogens (tertiary/aromatic N) is 4. The van der Waals surface area contributed by atoms with Crippen LogP contribution in [0.5, 0.6) is 0 Å². The average Bonchev–Trinajstić information content (AvgIpc) is 2.95. The molecule has 0 fully saturated rings. The second-order valence-electron chi connectivity index (χ2n) is 6.02. The Kier molecular flexibility index (Phi) is 4.78. The van der Waals surface area contributed by atoms with E-state index in [0.717, 1.165) is 17.8 Å². The standard InChI is InChI=1S/C18H22N4OS/c1-5-16-19-12(2)18(24-16)13(3)21(4)11-14-10-17(23)22-9-7-6-8-15(22)20-14/h6-10,13H,5,11H2,1-4H3/t13-/m0/s1. The van der Waals surface area contributed by atoms with Crippen molar-refractivity contribution in [3.05, 3.63) is 62.1 Å². The summed E-state index contributed by atoms with van der Waals surface area (Å²) in [7, 11) is 2.06. The minimum absolute atomic E-state index is 0.0427. The first-order chi connectivity index (χ1) is 11.5. The fraction of sp³-hybridized carbons (Fsp3) is 0.389. The second-order valence-corrected chi connectivity index (χ2v) is 7.13. The van der Waals surface area contributed by atoms with Crippen LogP contribution in [0.4, 0.5) is 0 Å². The Balaban J connectivity index is 1.84. The summed E-state index contributed by atoms with van der Waals surface area (Å²) in [6.45, 7) is 6.99. The third-order valence-electron chi connectivity index (χ3n) is 4.26. The Labute approximate surface area is 145 Å². The molecule has 0 aliphatic carbocycles. The lowest BCUT2D eigenvalue weighted by molar-refractivity contribution is 0.252. The first-order valence-electron chi connectivity index (χ1n) is 8.13. The van der Waals surface area contributed by atoms with Crippen molar-refractivity contribution in [1.29, 1.82) is 0 Å². The Morgan fingerprint density at radius 2 is 2.12 bits per heavy atom. The fourth-order valence-electron chi connectivity index (χ4n) is 2.78. The van der Waals surface area contributed by atoms with Crippen LogP contribution in [0.3, 0.4) is 0 Å². The summed E-state index contributed by atoms with van der Waals surface area (Å²) in [4.78, 5) is 24.9. The summed E-state index contributed by atoms with van der Waals surface area (Å²) in [5.74, 6) is 0. The monoisotopic (exact) mass is 342 g/mol. The molecule has 5 nitrogen and oxygen atoms in total. The molecule has 6 heteroatoms. The van der Waals surface area contributed by atoms with Gasteiger partial charge < -0.3 is 0 Å². The highest BCUT2D eigenvalue weighted by Gasteiger charge is 2.18. The fourth-order valence-corrected chi connectivity index (χ4v) is 3.91. The highest BCUT2D eigenvalue weighted by Crippen LogP contribution is 2.29. The number of fused-ring (bicyclic) bond motifs is 1. The maximum Gasteiger partial charge on any atom is 0.258 e. The molecule has 3 aromatic rings. The van der Waals surface area contributed by atoms with Gasteiger partial charge in [0.2, 0.25) is 0 Å². The van der Waals surface area contributed by atoms with E-state index in [1.165, 1.54) is 9.88 Å². The Morgan fingerprint density at radius 1 is 1.33 bits per heavy atom. The predicted molar refractivity (Wildman–Crippen MR) is 97.6 cm³/mol. The van der Waals surface area contributed by atoms with Crippen LogP contribution in [0.2, 0.25) is 0 Å². The Hall–Kier alpha value is -2.05. The van der Waals surface area contributed by atoms with Crippen molar-refractivity contribution in [3.63, 3.8) is 0 Å². The molecule has 0 unspecified atom stereocenters. The van der Waals surface area contributed by atoms with Crippen molar-refractivity contribution in [2.24, 2.45) is 0 Å². The molecule has 0 aliphatic heterocycles. The van der Waals surface area contributed by atoms with Gasteiger partial charge in [-0.3, -0.25) is 14.1 Å². The molecule has 126 valence electrons. The zero-order valence-corrected chi connectivity index (χ0v) is 15.3. The number of hydrogen-bond acceptors (Lipinski definition) is 5. The highest BCUT2D eigenvalue weighted by atomic mass is 32.1. The second kappa shape index (κ2) is 6.83. The van der Waals surface area contributed by atoms with Crippen molar-refractivity contribution in [3.8, 4) is 0 Å². The molecule has 0 saturated heterocycles. The van der Waals surface area contributed by atoms with Crippen molar-refractivity contribution in [2.45, 2.75) is 39.8 Å². The van der Waals surface area contributed by atoms with Gasteiger partial charge in [0.25, 0.3) is 5.56 Å². The van der Waals surface area contributed by atoms with Crippen LogP contribution in [-0.2, 0) is 13.0 Å². The van der Waals surface area contributed by atoms with E-state index in [4.69, 9.17) is 0 Å². The molecule has 0 radical (unpaired) electrons. The van der Waals surface area contributed by atoms with Gasteiger partial charge in [0.05, 0.1) is 16.4 Å². The van der Waals surface area contributed by atoms with Crippen LogP contribution >= 0.6 is 11.3 Å². The molecule has 3 aromatic heterocycles. The van der Waals surface area contributed by atoms with Crippen LogP contribution in [0, 0.1) is 6.92 Å². The number of aromatic nitrogens is 3. The average molecular weight is 342 g/mol. The summed E-state index contributed by atoms with van der Waals surface area (Å²) >= 11 is 1.77. The third-order valence-corrected chi connectivity index (χ3v) is 5.73. The molecule has 0 bridgehead atoms. The van der Waals surface area contributed by atoms with Gasteiger partial charge in [-0.05, 0) is 39.4 Å². The molecule has 0 amide bonds. The van der Waals surface area contributed by atoms with Gasteiger partial charge in [-0.25, -0.2) is 9.97 Å². The van der Waals surface area contributed by atoms with Crippen LogP contribution in [0.25, 0.3) is 5.65 Å². The number of pyridine rings is 1. The van der Waals surface area contributed by atoms with Gasteiger partial charge in [0, 0.05) is 29.7 Å². The van der Waals surface area contributed by atoms with E-state index in [0.29, 0.717) is 12.2 Å². The molecule has 0 aliphatic rings. The van der Waals surface area contributed by atoms with Crippen LogP contribution < -0.4 is 5.56 Å². The summed E-state index contributed by atoms with van der Waals surface area (Å²) < 4.78 is 1.56. The zero-order valence-electron chi connectivity index (χ0n) is 14.5. The van der Waals surface area contributed by atoms with E-state index in [9.17, 15) is 4.79 Å². The first kappa shape index (κ1) is 16.8. The maximum atomic E-state index is 12.2. The van der Waals surface area contributed by atoms with Crippen LogP contribution in [0.15, 0.2) is 35.3 Å². The zero-order chi connectivity index (χ0) is 17.3. The van der Waals surface area contributed by atoms with E-state index in [1.54, 1.807) is 28.0 Å². The third kappa shape index (κ3) is 3.25. The summed E-state index contributed by atoms with van der Waals surface area (Å²) in [5, 5.41) is 1.17. The summed E-state index contributed by atoms with van der Waals surface area (Å²) in [6, 6.07) is 7.44. The molecule has 0 saturated carbocycles. The molecule has 3 heterocycles. The molecule has 0 aromatic carbocycles. The quantitative estimate of drug-likeness (QED) is 0.714. The van der Waals surface area contributed by atoms with Gasteiger partial charge >= 0.3 is 0 Å². The van der Waals surface area contributed by atoms with E-state index in [1.807, 2.05) is 18.2 Å². The van der Waals surface area contributed by atoms with E-state index in [2.05, 4.69) is 42.7 Å². The lowest BCUT2D eigenvalue weighted by Crippen LogP contribution is -2.24. The lowest BCUT2D eigenvalue weighted by atomic mass is 10.2. The first-order valence-corrected chi connectivity index (χ1v) is 8.95. The van der Waals surface area contributed by atoms with Crippen molar-refractivity contribution < 1.29 is 0 Å². The summed E-state index contributed by atoms with van der Waals surface area (Å²) in [5.41, 5.74) is 2.53. The van der Waals surface area contributed by atoms with E-state index in [-0.39, 0.29) is 11.6 Å².